The molecule has 3 heterocycles. The lowest BCUT2D eigenvalue weighted by atomic mass is 9.88. The van der Waals surface area contributed by atoms with Crippen molar-refractivity contribution in [3.8, 4) is 11.1 Å². The Labute approximate surface area is 181 Å². The number of carboxylic acids is 1. The standard InChI is InChI=1S/C24H28N2O3S/c1-13-12-15(10-11-25-13)19-18(21(23(27)28)29-24(3,4)5)14(2)26-22-20(19)16-8-6-7-9-17(16)30-22/h10-12,21H,6-9H2,1-5H3,(H,27,28)/t21-/m1/s1. The maximum atomic E-state index is 12.4. The first-order valence-corrected chi connectivity index (χ1v) is 11.3. The zero-order chi connectivity index (χ0) is 21.6. The Morgan fingerprint density at radius 3 is 2.63 bits per heavy atom. The van der Waals surface area contributed by atoms with Gasteiger partial charge in [0.2, 0.25) is 0 Å². The molecule has 0 saturated carbocycles. The molecular formula is C24H28N2O3S. The Kier molecular flexibility index (Phi) is 5.41. The van der Waals surface area contributed by atoms with Crippen LogP contribution in [0.4, 0.5) is 0 Å². The van der Waals surface area contributed by atoms with Crippen LogP contribution in [0.2, 0.25) is 0 Å². The summed E-state index contributed by atoms with van der Waals surface area (Å²) in [6, 6.07) is 3.99. The third-order valence-corrected chi connectivity index (χ3v) is 6.66. The summed E-state index contributed by atoms with van der Waals surface area (Å²) < 4.78 is 6.08. The summed E-state index contributed by atoms with van der Waals surface area (Å²) in [4.78, 5) is 24.0. The van der Waals surface area contributed by atoms with Crippen molar-refractivity contribution in [2.75, 3.05) is 0 Å². The monoisotopic (exact) mass is 424 g/mol. The van der Waals surface area contributed by atoms with Gasteiger partial charge in [-0.05, 0) is 83.6 Å². The van der Waals surface area contributed by atoms with Crippen molar-refractivity contribution in [3.05, 3.63) is 45.7 Å². The van der Waals surface area contributed by atoms with Crippen LogP contribution in [0.1, 0.15) is 67.1 Å². The lowest BCUT2D eigenvalue weighted by Crippen LogP contribution is -2.28. The minimum atomic E-state index is -1.09. The Balaban J connectivity index is 2.10. The second-order valence-electron chi connectivity index (χ2n) is 9.01. The zero-order valence-corrected chi connectivity index (χ0v) is 19.0. The third-order valence-electron chi connectivity index (χ3n) is 5.47. The van der Waals surface area contributed by atoms with Gasteiger partial charge in [0.05, 0.1) is 5.60 Å². The van der Waals surface area contributed by atoms with E-state index in [9.17, 15) is 9.90 Å². The molecule has 1 aliphatic rings. The number of carbonyl (C=O) groups is 1. The van der Waals surface area contributed by atoms with Crippen molar-refractivity contribution in [2.24, 2.45) is 0 Å². The van der Waals surface area contributed by atoms with Gasteiger partial charge in [0, 0.05) is 39.0 Å². The smallest absolute Gasteiger partial charge is 0.337 e. The number of rotatable bonds is 4. The minimum Gasteiger partial charge on any atom is -0.479 e. The lowest BCUT2D eigenvalue weighted by molar-refractivity contribution is -0.160. The molecule has 0 spiro atoms. The van der Waals surface area contributed by atoms with Crippen molar-refractivity contribution in [2.45, 2.75) is 72.0 Å². The highest BCUT2D eigenvalue weighted by Gasteiger charge is 2.33. The Morgan fingerprint density at radius 1 is 1.23 bits per heavy atom. The molecule has 0 saturated heterocycles. The summed E-state index contributed by atoms with van der Waals surface area (Å²) in [5.41, 5.74) is 4.91. The number of carboxylic acid groups (broad SMARTS) is 1. The van der Waals surface area contributed by atoms with Gasteiger partial charge in [0.1, 0.15) is 4.83 Å². The Morgan fingerprint density at radius 2 is 1.97 bits per heavy atom. The number of fused-ring (bicyclic) bond motifs is 3. The van der Waals surface area contributed by atoms with Crippen molar-refractivity contribution in [1.29, 1.82) is 0 Å². The molecule has 30 heavy (non-hydrogen) atoms. The van der Waals surface area contributed by atoms with E-state index in [0.29, 0.717) is 11.3 Å². The van der Waals surface area contributed by atoms with Gasteiger partial charge in [-0.1, -0.05) is 0 Å². The molecule has 4 rings (SSSR count). The molecule has 0 aromatic carbocycles. The predicted molar refractivity (Wildman–Crippen MR) is 120 cm³/mol. The molecule has 1 N–H and O–H groups in total. The first kappa shape index (κ1) is 20.9. The fraction of sp³-hybridized carbons (Fsp3) is 0.458. The van der Waals surface area contributed by atoms with E-state index in [2.05, 4.69) is 4.98 Å². The zero-order valence-electron chi connectivity index (χ0n) is 18.2. The first-order chi connectivity index (χ1) is 14.2. The number of hydrogen-bond donors (Lipinski definition) is 1. The molecule has 0 bridgehead atoms. The van der Waals surface area contributed by atoms with Crippen LogP contribution in [-0.4, -0.2) is 26.6 Å². The molecule has 5 nitrogen and oxygen atoms in total. The number of thiophene rings is 1. The van der Waals surface area contributed by atoms with Gasteiger partial charge in [-0.15, -0.1) is 11.3 Å². The normalized spacial score (nSPS) is 15.2. The van der Waals surface area contributed by atoms with Crippen LogP contribution in [0, 0.1) is 13.8 Å². The van der Waals surface area contributed by atoms with Crippen LogP contribution in [0.25, 0.3) is 21.3 Å². The molecule has 6 heteroatoms. The van der Waals surface area contributed by atoms with Crippen LogP contribution in [-0.2, 0) is 22.4 Å². The number of aliphatic carboxylic acids is 1. The SMILES string of the molecule is Cc1cc(-c2c([C@@H](OC(C)(C)C)C(=O)O)c(C)nc3sc4c(c23)CCCC4)ccn1. The number of ether oxygens (including phenoxy) is 1. The van der Waals surface area contributed by atoms with Crippen LogP contribution in [0.5, 0.6) is 0 Å². The van der Waals surface area contributed by atoms with E-state index in [1.165, 1.54) is 16.9 Å². The second kappa shape index (κ2) is 7.75. The predicted octanol–water partition coefficient (Wildman–Crippen LogP) is 5.79. The minimum absolute atomic E-state index is 0.607. The summed E-state index contributed by atoms with van der Waals surface area (Å²) in [6.45, 7) is 9.50. The topological polar surface area (TPSA) is 72.3 Å². The summed E-state index contributed by atoms with van der Waals surface area (Å²) in [7, 11) is 0. The molecule has 0 radical (unpaired) electrons. The van der Waals surface area contributed by atoms with E-state index < -0.39 is 17.7 Å². The first-order valence-electron chi connectivity index (χ1n) is 10.4. The van der Waals surface area contributed by atoms with E-state index in [1.54, 1.807) is 17.5 Å². The van der Waals surface area contributed by atoms with Crippen molar-refractivity contribution in [3.63, 3.8) is 0 Å². The molecule has 0 amide bonds. The van der Waals surface area contributed by atoms with E-state index >= 15 is 0 Å². The Hall–Kier alpha value is -2.31. The molecule has 3 aromatic heterocycles. The quantitative estimate of drug-likeness (QED) is 0.573. The van der Waals surface area contributed by atoms with Crippen molar-refractivity contribution >= 4 is 27.5 Å². The van der Waals surface area contributed by atoms with E-state index in [-0.39, 0.29) is 0 Å². The van der Waals surface area contributed by atoms with Crippen LogP contribution < -0.4 is 0 Å². The highest BCUT2D eigenvalue weighted by molar-refractivity contribution is 7.19. The molecule has 0 fully saturated rings. The van der Waals surface area contributed by atoms with E-state index in [0.717, 1.165) is 46.3 Å². The largest absolute Gasteiger partial charge is 0.479 e. The fourth-order valence-electron chi connectivity index (χ4n) is 4.32. The molecule has 1 aliphatic carbocycles. The van der Waals surface area contributed by atoms with Gasteiger partial charge in [-0.2, -0.15) is 0 Å². The average molecular weight is 425 g/mol. The molecule has 0 unspecified atom stereocenters. The van der Waals surface area contributed by atoms with Gasteiger partial charge in [-0.25, -0.2) is 9.78 Å². The van der Waals surface area contributed by atoms with E-state index in [1.807, 2.05) is 46.8 Å². The van der Waals surface area contributed by atoms with Gasteiger partial charge in [0.15, 0.2) is 6.10 Å². The van der Waals surface area contributed by atoms with Crippen molar-refractivity contribution in [1.82, 2.24) is 9.97 Å². The molecule has 3 aromatic rings. The summed E-state index contributed by atoms with van der Waals surface area (Å²) in [5.74, 6) is -0.995. The van der Waals surface area contributed by atoms with Crippen LogP contribution in [0.15, 0.2) is 18.3 Å². The average Bonchev–Trinajstić information content (AvgIpc) is 3.02. The maximum Gasteiger partial charge on any atom is 0.337 e. The number of aryl methyl sites for hydroxylation is 4. The lowest BCUT2D eigenvalue weighted by Gasteiger charge is -2.28. The van der Waals surface area contributed by atoms with Gasteiger partial charge in [0.25, 0.3) is 0 Å². The summed E-state index contributed by atoms with van der Waals surface area (Å²) in [6.07, 6.45) is 5.12. The molecular weight excluding hydrogens is 396 g/mol. The second-order valence-corrected chi connectivity index (χ2v) is 10.1. The van der Waals surface area contributed by atoms with Crippen LogP contribution >= 0.6 is 11.3 Å². The summed E-state index contributed by atoms with van der Waals surface area (Å²) in [5, 5.41) is 11.2. The van der Waals surface area contributed by atoms with Crippen molar-refractivity contribution < 1.29 is 14.6 Å². The third kappa shape index (κ3) is 3.86. The van der Waals surface area contributed by atoms with Gasteiger partial charge in [-0.3, -0.25) is 4.98 Å². The number of pyridine rings is 2. The number of aromatic nitrogens is 2. The van der Waals surface area contributed by atoms with Gasteiger partial charge >= 0.3 is 5.97 Å². The fourth-order valence-corrected chi connectivity index (χ4v) is 5.64. The highest BCUT2D eigenvalue weighted by Crippen LogP contribution is 2.45. The van der Waals surface area contributed by atoms with E-state index in [4.69, 9.17) is 9.72 Å². The number of nitrogens with zero attached hydrogens (tertiary/aromatic N) is 2. The highest BCUT2D eigenvalue weighted by atomic mass is 32.1. The molecule has 158 valence electrons. The molecule has 0 aliphatic heterocycles. The Bertz CT molecular complexity index is 1130. The van der Waals surface area contributed by atoms with Crippen LogP contribution in [0.3, 0.4) is 0 Å². The maximum absolute atomic E-state index is 12.4. The number of hydrogen-bond acceptors (Lipinski definition) is 5. The van der Waals surface area contributed by atoms with Gasteiger partial charge < -0.3 is 9.84 Å². The summed E-state index contributed by atoms with van der Waals surface area (Å²) >= 11 is 1.75. The molecule has 1 atom stereocenters.